The minimum Gasteiger partial charge on any atom is -0.394 e. The van der Waals surface area contributed by atoms with Gasteiger partial charge < -0.3 is 45.3 Å². The van der Waals surface area contributed by atoms with Crippen molar-refractivity contribution in [2.75, 3.05) is 13.2 Å². The molecule has 3 rings (SSSR count). The number of non-ortho nitro benzene ring substituents is 1. The number of nitrogens with zero attached hydrogens (tertiary/aromatic N) is 4. The number of aliphatic hydroxyl groups excluding tert-OH is 7. The van der Waals surface area contributed by atoms with Crippen molar-refractivity contribution in [3.8, 4) is 0 Å². The molecule has 2 aromatic rings. The molecule has 1 aromatic heterocycles. The summed E-state index contributed by atoms with van der Waals surface area (Å²) in [5.74, 6) is 0. The number of aldehydes is 1. The summed E-state index contributed by atoms with van der Waals surface area (Å²) in [7, 11) is -6.74. The van der Waals surface area contributed by atoms with Crippen LogP contribution in [0.25, 0.3) is 0 Å². The number of nitro groups is 3. The molecule has 10 atom stereocenters. The third-order valence-electron chi connectivity index (χ3n) is 6.56. The van der Waals surface area contributed by atoms with Crippen molar-refractivity contribution in [2.24, 2.45) is 0 Å². The van der Waals surface area contributed by atoms with Crippen LogP contribution in [0.15, 0.2) is 34.0 Å². The highest BCUT2D eigenvalue weighted by atomic mass is 31.2. The number of carbonyl (C=O) groups is 1. The average Bonchev–Trinajstić information content (AvgIpc) is 3.30. The van der Waals surface area contributed by atoms with Crippen LogP contribution in [0.2, 0.25) is 0 Å². The second kappa shape index (κ2) is 17.5. The fourth-order valence-corrected chi connectivity index (χ4v) is 5.25. The molecule has 27 nitrogen and oxygen atoms in total. The van der Waals surface area contributed by atoms with Gasteiger partial charge in [-0.05, 0) is 0 Å². The van der Waals surface area contributed by atoms with Crippen molar-refractivity contribution in [1.29, 1.82) is 0 Å². The van der Waals surface area contributed by atoms with Gasteiger partial charge in [-0.3, -0.25) is 44.7 Å². The Kier molecular flexibility index (Phi) is 14.6. The second-order valence-corrected chi connectivity index (χ2v) is 11.4. The summed E-state index contributed by atoms with van der Waals surface area (Å²) in [4.78, 5) is 75.9. The molecule has 1 saturated heterocycles. The SMILES string of the molecule is O=C[C@H](O)[C@@H](O)[C@@H](O)[C@H](O)CO.O=c1ccn([C@]2(c3c([N+](=O)[O-])cc([N+](=O)[O-])cc3[N+](=O)[O-])O[C@H](CO[P+](=O)O[P+](=O)O)[C@@H](O)[C@H]2O)c(=O)[nH]1. The molecule has 0 radical (unpaired) electrons. The van der Waals surface area contributed by atoms with E-state index in [1.165, 1.54) is 0 Å². The normalized spacial score (nSPS) is 23.0. The molecule has 0 spiro atoms. The van der Waals surface area contributed by atoms with Crippen molar-refractivity contribution >= 4 is 39.9 Å². The number of benzene rings is 1. The van der Waals surface area contributed by atoms with Crippen LogP contribution in [0.3, 0.4) is 0 Å². The lowest BCUT2D eigenvalue weighted by atomic mass is 9.91. The van der Waals surface area contributed by atoms with Gasteiger partial charge in [0.25, 0.3) is 22.6 Å². The van der Waals surface area contributed by atoms with Gasteiger partial charge in [0, 0.05) is 21.4 Å². The van der Waals surface area contributed by atoms with E-state index < -0.39 is 127 Å². The van der Waals surface area contributed by atoms with Crippen LogP contribution in [0.4, 0.5) is 17.1 Å². The summed E-state index contributed by atoms with van der Waals surface area (Å²) in [6.45, 7) is -1.81. The zero-order chi connectivity index (χ0) is 38.2. The maximum absolute atomic E-state index is 12.7. The van der Waals surface area contributed by atoms with Gasteiger partial charge in [0.05, 0.1) is 33.5 Å². The Hall–Kier alpha value is -4.47. The second-order valence-electron chi connectivity index (χ2n) is 9.60. The highest BCUT2D eigenvalue weighted by Crippen LogP contribution is 2.49. The molecular formula is C21H25N5O22P2+2. The van der Waals surface area contributed by atoms with Crippen LogP contribution in [0, 0.1) is 30.3 Å². The van der Waals surface area contributed by atoms with Crippen LogP contribution in [0.1, 0.15) is 5.56 Å². The molecular weight excluding hydrogens is 736 g/mol. The monoisotopic (exact) mass is 761 g/mol. The van der Waals surface area contributed by atoms with E-state index in [0.29, 0.717) is 12.3 Å². The minimum absolute atomic E-state index is 0.0258. The van der Waals surface area contributed by atoms with Crippen molar-refractivity contribution in [3.05, 3.63) is 81.1 Å². The molecule has 2 unspecified atom stereocenters. The third-order valence-corrected chi connectivity index (χ3v) is 8.02. The predicted molar refractivity (Wildman–Crippen MR) is 153 cm³/mol. The lowest BCUT2D eigenvalue weighted by molar-refractivity contribution is -0.406. The lowest BCUT2D eigenvalue weighted by Crippen LogP contribution is -2.52. The van der Waals surface area contributed by atoms with E-state index in [1.54, 1.807) is 4.98 Å². The Bertz CT molecular complexity index is 1720. The number of hydrogen-bond donors (Lipinski definition) is 9. The van der Waals surface area contributed by atoms with Crippen LogP contribution in [0.5, 0.6) is 0 Å². The molecule has 1 aliphatic heterocycles. The molecule has 1 fully saturated rings. The van der Waals surface area contributed by atoms with E-state index in [4.69, 9.17) is 35.2 Å². The number of carbonyl (C=O) groups excluding carboxylic acids is 1. The van der Waals surface area contributed by atoms with Crippen LogP contribution in [-0.4, -0.2) is 127 Å². The molecule has 50 heavy (non-hydrogen) atoms. The highest BCUT2D eigenvalue weighted by Gasteiger charge is 2.63. The Balaban J connectivity index is 0.000000616. The number of rotatable bonds is 15. The molecule has 0 saturated carbocycles. The molecule has 274 valence electrons. The lowest BCUT2D eigenvalue weighted by Gasteiger charge is -2.33. The first-order valence-electron chi connectivity index (χ1n) is 13.0. The largest absolute Gasteiger partial charge is 0.747 e. The van der Waals surface area contributed by atoms with Gasteiger partial charge in [0.15, 0.2) is 16.2 Å². The summed E-state index contributed by atoms with van der Waals surface area (Å²) >= 11 is 0. The predicted octanol–water partition coefficient (Wildman–Crippen LogP) is -3.96. The molecule has 9 N–H and O–H groups in total. The number of aliphatic hydroxyl groups is 7. The summed E-state index contributed by atoms with van der Waals surface area (Å²) in [6, 6.07) is 1.20. The number of H-pyrrole nitrogens is 1. The summed E-state index contributed by atoms with van der Waals surface area (Å²) in [6.07, 6.45) is -12.9. The zero-order valence-corrected chi connectivity index (χ0v) is 26.1. The molecule has 2 heterocycles. The quantitative estimate of drug-likeness (QED) is 0.0362. The minimum atomic E-state index is -3.41. The smallest absolute Gasteiger partial charge is 0.394 e. The van der Waals surface area contributed by atoms with Gasteiger partial charge in [-0.25, -0.2) is 4.79 Å². The number of aromatic nitrogens is 2. The van der Waals surface area contributed by atoms with Crippen molar-refractivity contribution < 1.29 is 82.9 Å². The standard InChI is InChI=1S/C15H11N5O16P2.C6H12O6/c21-10-1-2-17(14(24)16-10)15(13(23)12(22)9(35-15)5-34-38(33)36-37(31)32)11-7(19(27)28)3-6(18(25)26)4-8(11)20(29)30;7-1-3(9)5(11)6(12)4(10)2-8/h1-4,9,12-13,22-23H,5H2;1,3-6,8-12H,2H2/p+2/t9-,12-,13-,15-;3-,4+,5+,6-/m10/s1. The van der Waals surface area contributed by atoms with E-state index in [9.17, 15) is 64.1 Å². The van der Waals surface area contributed by atoms with Crippen molar-refractivity contribution in [3.63, 3.8) is 0 Å². The van der Waals surface area contributed by atoms with Gasteiger partial charge >= 0.3 is 22.2 Å². The maximum Gasteiger partial charge on any atom is 0.747 e. The fourth-order valence-electron chi connectivity index (χ4n) is 4.33. The van der Waals surface area contributed by atoms with Crippen LogP contribution < -0.4 is 11.2 Å². The van der Waals surface area contributed by atoms with Crippen molar-refractivity contribution in [2.45, 2.75) is 48.5 Å². The Labute approximate surface area is 275 Å². The molecule has 1 aromatic carbocycles. The molecule has 0 amide bonds. The number of nitrogens with one attached hydrogen (secondary N) is 1. The topological polar surface area (TPSA) is 425 Å². The number of hydrogen-bond acceptors (Lipinski definition) is 21. The van der Waals surface area contributed by atoms with Gasteiger partial charge in [-0.2, -0.15) is 0 Å². The third kappa shape index (κ3) is 9.20. The van der Waals surface area contributed by atoms with Crippen LogP contribution >= 0.6 is 16.5 Å². The molecule has 1 aliphatic rings. The molecule has 0 bridgehead atoms. The van der Waals surface area contributed by atoms with Crippen molar-refractivity contribution in [1.82, 2.24) is 9.55 Å². The van der Waals surface area contributed by atoms with Gasteiger partial charge in [0.1, 0.15) is 49.3 Å². The first kappa shape index (κ1) is 41.7. The summed E-state index contributed by atoms with van der Waals surface area (Å²) in [5, 5.41) is 100. The maximum atomic E-state index is 12.7. The Morgan fingerprint density at radius 1 is 1.02 bits per heavy atom. The summed E-state index contributed by atoms with van der Waals surface area (Å²) in [5.41, 5.74) is -10.8. The van der Waals surface area contributed by atoms with Gasteiger partial charge in [-0.15, -0.1) is 9.42 Å². The average molecular weight is 761 g/mol. The van der Waals surface area contributed by atoms with E-state index in [0.717, 1.165) is 0 Å². The van der Waals surface area contributed by atoms with E-state index in [-0.39, 0.29) is 23.0 Å². The number of ether oxygens (including phenoxy) is 1. The van der Waals surface area contributed by atoms with Gasteiger partial charge in [0.2, 0.25) is 5.72 Å². The molecule has 29 heteroatoms. The number of aromatic amines is 1. The fraction of sp³-hybridized carbons (Fsp3) is 0.476. The Morgan fingerprint density at radius 2 is 1.58 bits per heavy atom. The van der Waals surface area contributed by atoms with Gasteiger partial charge in [-0.1, -0.05) is 0 Å². The first-order valence-corrected chi connectivity index (χ1v) is 15.2. The van der Waals surface area contributed by atoms with E-state index in [1.807, 2.05) is 0 Å². The Morgan fingerprint density at radius 3 is 2.02 bits per heavy atom. The van der Waals surface area contributed by atoms with E-state index >= 15 is 0 Å². The zero-order valence-electron chi connectivity index (χ0n) is 24.3. The summed E-state index contributed by atoms with van der Waals surface area (Å²) < 4.78 is 36.6. The van der Waals surface area contributed by atoms with Crippen LogP contribution in [-0.2, 0) is 33.2 Å². The highest BCUT2D eigenvalue weighted by molar-refractivity contribution is 7.47. The van der Waals surface area contributed by atoms with E-state index in [2.05, 4.69) is 8.83 Å². The molecule has 0 aliphatic carbocycles. The number of nitro benzene ring substituents is 3. The first-order chi connectivity index (χ1) is 23.2.